The maximum atomic E-state index is 13.1. The Morgan fingerprint density at radius 1 is 0.970 bits per heavy atom. The van der Waals surface area contributed by atoms with Crippen molar-refractivity contribution in [3.63, 3.8) is 0 Å². The van der Waals surface area contributed by atoms with Crippen LogP contribution in [-0.2, 0) is 14.8 Å². The zero-order valence-electron chi connectivity index (χ0n) is 18.4. The Morgan fingerprint density at radius 2 is 1.55 bits per heavy atom. The van der Waals surface area contributed by atoms with Crippen molar-refractivity contribution < 1.29 is 22.9 Å². The normalized spacial score (nSPS) is 15.8. The van der Waals surface area contributed by atoms with Gasteiger partial charge in [0.25, 0.3) is 11.6 Å². The number of nitrogens with zero attached hydrogens (tertiary/aromatic N) is 3. The van der Waals surface area contributed by atoms with Crippen LogP contribution < -0.4 is 5.32 Å². The van der Waals surface area contributed by atoms with Crippen molar-refractivity contribution in [2.45, 2.75) is 24.8 Å². The van der Waals surface area contributed by atoms with Crippen LogP contribution in [-0.4, -0.2) is 66.6 Å². The van der Waals surface area contributed by atoms with Gasteiger partial charge in [0.05, 0.1) is 4.92 Å². The maximum Gasteiger partial charge on any atom is 0.289 e. The quantitative estimate of drug-likeness (QED) is 0.482. The van der Waals surface area contributed by atoms with Crippen molar-refractivity contribution in [3.05, 3.63) is 70.3 Å². The molecule has 33 heavy (non-hydrogen) atoms. The van der Waals surface area contributed by atoms with Gasteiger partial charge in [-0.2, -0.15) is 4.31 Å². The van der Waals surface area contributed by atoms with Crippen molar-refractivity contribution in [1.29, 1.82) is 0 Å². The number of amides is 2. The number of carbonyl (C=O) groups excluding carboxylic acids is 2. The second-order valence-corrected chi connectivity index (χ2v) is 9.92. The summed E-state index contributed by atoms with van der Waals surface area (Å²) in [4.78, 5) is 37.4. The minimum absolute atomic E-state index is 0.00241. The van der Waals surface area contributed by atoms with Gasteiger partial charge in [-0.05, 0) is 24.1 Å². The monoisotopic (exact) mass is 474 g/mol. The molecule has 1 N–H and O–H groups in total. The Morgan fingerprint density at radius 3 is 2.12 bits per heavy atom. The number of benzene rings is 2. The van der Waals surface area contributed by atoms with E-state index in [9.17, 15) is 28.1 Å². The smallest absolute Gasteiger partial charge is 0.289 e. The number of nitro groups is 1. The predicted octanol–water partition coefficient (Wildman–Crippen LogP) is 1.88. The molecule has 10 nitrogen and oxygen atoms in total. The van der Waals surface area contributed by atoms with Crippen LogP contribution in [0.3, 0.4) is 0 Å². The molecule has 0 aliphatic carbocycles. The van der Waals surface area contributed by atoms with Gasteiger partial charge in [-0.1, -0.05) is 44.2 Å². The van der Waals surface area contributed by atoms with Gasteiger partial charge in [-0.15, -0.1) is 0 Å². The summed E-state index contributed by atoms with van der Waals surface area (Å²) in [5.74, 6) is -0.837. The molecule has 3 rings (SSSR count). The van der Waals surface area contributed by atoms with Crippen LogP contribution in [0, 0.1) is 16.0 Å². The molecule has 11 heteroatoms. The number of sulfonamides is 1. The fourth-order valence-corrected chi connectivity index (χ4v) is 5.22. The van der Waals surface area contributed by atoms with Crippen molar-refractivity contribution in [1.82, 2.24) is 14.5 Å². The molecule has 1 saturated heterocycles. The summed E-state index contributed by atoms with van der Waals surface area (Å²) in [5.41, 5.74) is -0.0455. The van der Waals surface area contributed by atoms with Crippen LogP contribution in [0.15, 0.2) is 59.5 Å². The van der Waals surface area contributed by atoms with E-state index in [1.54, 1.807) is 30.3 Å². The molecule has 2 aromatic rings. The lowest BCUT2D eigenvalue weighted by molar-refractivity contribution is -0.387. The molecule has 1 aliphatic rings. The SMILES string of the molecule is CC(C)[C@H](NC(=O)c1ccccc1)C(=O)N1CCN(S(=O)(=O)c2ccccc2[N+](=O)[O-])CC1. The number of nitro benzene ring substituents is 1. The largest absolute Gasteiger partial charge is 0.340 e. The van der Waals surface area contributed by atoms with E-state index in [1.807, 2.05) is 13.8 Å². The molecule has 1 fully saturated rings. The Labute approximate surface area is 192 Å². The van der Waals surface area contributed by atoms with E-state index in [1.165, 1.54) is 23.1 Å². The highest BCUT2D eigenvalue weighted by Crippen LogP contribution is 2.27. The highest BCUT2D eigenvalue weighted by Gasteiger charge is 2.36. The summed E-state index contributed by atoms with van der Waals surface area (Å²) in [6.45, 7) is 3.87. The van der Waals surface area contributed by atoms with Crippen molar-refractivity contribution >= 4 is 27.5 Å². The highest BCUT2D eigenvalue weighted by molar-refractivity contribution is 7.89. The average molecular weight is 475 g/mol. The lowest BCUT2D eigenvalue weighted by Gasteiger charge is -2.36. The van der Waals surface area contributed by atoms with E-state index in [2.05, 4.69) is 5.32 Å². The molecule has 0 spiro atoms. The zero-order chi connectivity index (χ0) is 24.2. The number of para-hydroxylation sites is 1. The molecule has 2 amide bonds. The maximum absolute atomic E-state index is 13.1. The first-order valence-electron chi connectivity index (χ1n) is 10.5. The first kappa shape index (κ1) is 24.3. The Bertz CT molecular complexity index is 1130. The summed E-state index contributed by atoms with van der Waals surface area (Å²) in [6.07, 6.45) is 0. The van der Waals surface area contributed by atoms with Crippen LogP contribution in [0.4, 0.5) is 5.69 Å². The lowest BCUT2D eigenvalue weighted by atomic mass is 10.0. The lowest BCUT2D eigenvalue weighted by Crippen LogP contribution is -2.57. The predicted molar refractivity (Wildman–Crippen MR) is 121 cm³/mol. The Balaban J connectivity index is 1.69. The third kappa shape index (κ3) is 5.37. The van der Waals surface area contributed by atoms with Crippen LogP contribution in [0.25, 0.3) is 0 Å². The third-order valence-electron chi connectivity index (χ3n) is 5.49. The van der Waals surface area contributed by atoms with Gasteiger partial charge in [-0.25, -0.2) is 8.42 Å². The Kier molecular flexibility index (Phi) is 7.44. The molecule has 2 aromatic carbocycles. The summed E-state index contributed by atoms with van der Waals surface area (Å²) < 4.78 is 27.1. The van der Waals surface area contributed by atoms with Gasteiger partial charge >= 0.3 is 0 Å². The molecule has 1 heterocycles. The van der Waals surface area contributed by atoms with Gasteiger partial charge in [0.15, 0.2) is 4.90 Å². The van der Waals surface area contributed by atoms with Crippen molar-refractivity contribution in [3.8, 4) is 0 Å². The molecule has 1 atom stereocenters. The standard InChI is InChI=1S/C22H26N4O6S/c1-16(2)20(23-21(27)17-8-4-3-5-9-17)22(28)24-12-14-25(15-13-24)33(31,32)19-11-7-6-10-18(19)26(29)30/h3-11,16,20H,12-15H2,1-2H3,(H,23,27)/t20-/m0/s1. The van der Waals surface area contributed by atoms with Crippen molar-refractivity contribution in [2.75, 3.05) is 26.2 Å². The first-order chi connectivity index (χ1) is 15.6. The molecule has 0 saturated carbocycles. The number of hydrogen-bond donors (Lipinski definition) is 1. The second-order valence-electron chi connectivity index (χ2n) is 8.02. The topological polar surface area (TPSA) is 130 Å². The second kappa shape index (κ2) is 10.1. The van der Waals surface area contributed by atoms with Crippen LogP contribution in [0.2, 0.25) is 0 Å². The fraction of sp³-hybridized carbons (Fsp3) is 0.364. The molecule has 0 bridgehead atoms. The third-order valence-corrected chi connectivity index (χ3v) is 7.43. The molecular formula is C22H26N4O6S. The van der Waals surface area contributed by atoms with Gasteiger partial charge in [0.1, 0.15) is 6.04 Å². The average Bonchev–Trinajstić information content (AvgIpc) is 2.82. The minimum Gasteiger partial charge on any atom is -0.340 e. The molecular weight excluding hydrogens is 448 g/mol. The van der Waals surface area contributed by atoms with Crippen LogP contribution >= 0.6 is 0 Å². The number of nitrogens with one attached hydrogen (secondary N) is 1. The Hall–Kier alpha value is -3.31. The minimum atomic E-state index is -4.09. The zero-order valence-corrected chi connectivity index (χ0v) is 19.2. The van der Waals surface area contributed by atoms with Gasteiger partial charge < -0.3 is 10.2 Å². The molecule has 0 radical (unpaired) electrons. The van der Waals surface area contributed by atoms with Crippen LogP contribution in [0.5, 0.6) is 0 Å². The fourth-order valence-electron chi connectivity index (χ4n) is 3.64. The van der Waals surface area contributed by atoms with E-state index in [4.69, 9.17) is 0 Å². The van der Waals surface area contributed by atoms with Crippen molar-refractivity contribution in [2.24, 2.45) is 5.92 Å². The summed E-state index contributed by atoms with van der Waals surface area (Å²) in [7, 11) is -4.09. The van der Waals surface area contributed by atoms with Crippen LogP contribution in [0.1, 0.15) is 24.2 Å². The van der Waals surface area contributed by atoms with Gasteiger partial charge in [-0.3, -0.25) is 19.7 Å². The van der Waals surface area contributed by atoms with E-state index >= 15 is 0 Å². The van der Waals surface area contributed by atoms with E-state index < -0.39 is 26.7 Å². The van der Waals surface area contributed by atoms with E-state index in [0.29, 0.717) is 5.56 Å². The first-order valence-corrected chi connectivity index (χ1v) is 11.9. The van der Waals surface area contributed by atoms with Gasteiger partial charge in [0, 0.05) is 37.8 Å². The number of hydrogen-bond acceptors (Lipinski definition) is 6. The summed E-state index contributed by atoms with van der Waals surface area (Å²) in [5, 5.41) is 14.0. The molecule has 0 unspecified atom stereocenters. The van der Waals surface area contributed by atoms with Gasteiger partial charge in [0.2, 0.25) is 15.9 Å². The van der Waals surface area contributed by atoms with E-state index in [-0.39, 0.29) is 48.8 Å². The molecule has 0 aromatic heterocycles. The number of rotatable bonds is 7. The van der Waals surface area contributed by atoms with E-state index in [0.717, 1.165) is 10.4 Å². The summed E-state index contributed by atoms with van der Waals surface area (Å²) in [6, 6.07) is 13.0. The molecule has 176 valence electrons. The number of carbonyl (C=O) groups is 2. The number of piperazine rings is 1. The summed E-state index contributed by atoms with van der Waals surface area (Å²) >= 11 is 0. The highest BCUT2D eigenvalue weighted by atomic mass is 32.2. The molecule has 1 aliphatic heterocycles.